The van der Waals surface area contributed by atoms with Gasteiger partial charge >= 0.3 is 13.7 Å². The summed E-state index contributed by atoms with van der Waals surface area (Å²) in [7, 11) is 0. The highest BCUT2D eigenvalue weighted by Gasteiger charge is 2.47. The first-order chi connectivity index (χ1) is 39.7. The maximum absolute atomic E-state index is 2.78. The number of anilines is 6. The number of hydrogen-bond acceptors (Lipinski definition) is 2. The van der Waals surface area contributed by atoms with Gasteiger partial charge in [0.05, 0.1) is 11.0 Å². The fraction of sp³-hybridized carbons (Fsp3) is 0. The summed E-state index contributed by atoms with van der Waals surface area (Å²) in [5.41, 5.74) is 32.2. The zero-order valence-electron chi connectivity index (χ0n) is 43.5. The van der Waals surface area contributed by atoms with Gasteiger partial charge in [0.1, 0.15) is 0 Å². The third kappa shape index (κ3) is 6.02. The smallest absolute Gasteiger partial charge is 0.333 e. The molecule has 4 aliphatic rings. The lowest BCUT2D eigenvalue weighted by Gasteiger charge is -2.41. The summed E-state index contributed by atoms with van der Waals surface area (Å²) in [5.74, 6) is 0. The number of para-hydroxylation sites is 2. The Labute approximate surface area is 464 Å². The Morgan fingerprint density at radius 1 is 0.225 bits per heavy atom. The van der Waals surface area contributed by atoms with Gasteiger partial charge in [-0.25, -0.2) is 0 Å². The SMILES string of the molecule is c1ccc(-c2ccc(N3c4ccc(-c5ccccc5)cc4B4c5c(cccc53)-c3cccc5c3n4c3c4cccc6c4n(c53)B3c4cc(-c5ccccc5)ccc4N(c4ccc(-c5ccccc5)cc4)c4cccc-6c43)cc2)cc1. The van der Waals surface area contributed by atoms with Crippen LogP contribution in [-0.2, 0) is 0 Å². The maximum atomic E-state index is 2.78. The second kappa shape index (κ2) is 16.6. The van der Waals surface area contributed by atoms with Crippen LogP contribution in [0.1, 0.15) is 0 Å². The highest BCUT2D eigenvalue weighted by atomic mass is 15.2. The Balaban J connectivity index is 0.913. The largest absolute Gasteiger partial charge is 0.374 e. The number of benzene rings is 12. The Bertz CT molecular complexity index is 4560. The Hall–Kier alpha value is -10.3. The van der Waals surface area contributed by atoms with E-state index in [1.165, 1.54) is 144 Å². The van der Waals surface area contributed by atoms with Crippen molar-refractivity contribution in [3.63, 3.8) is 0 Å². The first-order valence-corrected chi connectivity index (χ1v) is 27.9. The van der Waals surface area contributed by atoms with Gasteiger partial charge < -0.3 is 18.8 Å². The summed E-state index contributed by atoms with van der Waals surface area (Å²) in [6, 6.07) is 104. The maximum Gasteiger partial charge on any atom is 0.333 e. The summed E-state index contributed by atoms with van der Waals surface area (Å²) in [6.07, 6.45) is 0. The second-order valence-electron chi connectivity index (χ2n) is 21.9. The molecular formula is C74H46B2N4. The molecule has 0 atom stereocenters. The van der Waals surface area contributed by atoms with Crippen molar-refractivity contribution in [3.8, 4) is 66.8 Å². The zero-order valence-corrected chi connectivity index (χ0v) is 43.5. The fourth-order valence-corrected chi connectivity index (χ4v) is 14.6. The molecule has 2 aromatic heterocycles. The molecule has 368 valence electrons. The average molecular weight is 1010 g/mol. The van der Waals surface area contributed by atoms with Crippen LogP contribution in [0.25, 0.3) is 99.6 Å². The molecule has 6 heterocycles. The van der Waals surface area contributed by atoms with E-state index in [1.807, 2.05) is 0 Å². The van der Waals surface area contributed by atoms with Gasteiger partial charge in [-0.15, -0.1) is 0 Å². The number of hydrogen-bond donors (Lipinski definition) is 0. The molecule has 0 radical (unpaired) electrons. The van der Waals surface area contributed by atoms with Crippen molar-refractivity contribution in [3.05, 3.63) is 279 Å². The molecular weight excluding hydrogens is 966 g/mol. The van der Waals surface area contributed by atoms with Crippen LogP contribution in [0.15, 0.2) is 279 Å². The minimum Gasteiger partial charge on any atom is -0.374 e. The molecule has 4 nitrogen and oxygen atoms in total. The molecule has 0 aliphatic carbocycles. The second-order valence-corrected chi connectivity index (χ2v) is 21.9. The molecule has 18 rings (SSSR count). The van der Waals surface area contributed by atoms with E-state index in [0.29, 0.717) is 0 Å². The monoisotopic (exact) mass is 1010 g/mol. The topological polar surface area (TPSA) is 16.3 Å². The van der Waals surface area contributed by atoms with E-state index in [0.717, 1.165) is 11.4 Å². The van der Waals surface area contributed by atoms with Gasteiger partial charge in [-0.05, 0) is 126 Å². The van der Waals surface area contributed by atoms with E-state index in [1.54, 1.807) is 0 Å². The standard InChI is InChI=1S/C74H46B2N4/c1-5-17-47(18-6-1)51-33-39-55(40-34-51)77-65-43-37-53(49-21-9-3-10-22-49)45-63(65)75-69-57(25-15-31-67(69)77)59-27-13-29-61-71(59)79(75)73-62-30-14-28-60-58-26-16-32-68-70(58)76(80(72(60)62)74(61)73)64-46-54(50-23-11-4-12-24-50)38-44-66(64)78(68)56-41-35-52(36-42-56)48-19-7-2-8-20-48/h1-46H. The van der Waals surface area contributed by atoms with Gasteiger partial charge in [0.25, 0.3) is 0 Å². The molecule has 0 amide bonds. The third-order valence-corrected chi connectivity index (χ3v) is 17.9. The van der Waals surface area contributed by atoms with Crippen LogP contribution in [0.5, 0.6) is 0 Å². The van der Waals surface area contributed by atoms with Crippen molar-refractivity contribution in [1.29, 1.82) is 0 Å². The average Bonchev–Trinajstić information content (AvgIpc) is 3.97. The minimum atomic E-state index is -0.131. The summed E-state index contributed by atoms with van der Waals surface area (Å²) >= 11 is 0. The molecule has 0 unspecified atom stereocenters. The predicted molar refractivity (Wildman–Crippen MR) is 338 cm³/mol. The number of aromatic nitrogens is 2. The van der Waals surface area contributed by atoms with Gasteiger partial charge in [0.2, 0.25) is 0 Å². The summed E-state index contributed by atoms with van der Waals surface area (Å²) in [5, 5.41) is 2.55. The lowest BCUT2D eigenvalue weighted by Crippen LogP contribution is -2.56. The van der Waals surface area contributed by atoms with Gasteiger partial charge in [-0.3, -0.25) is 0 Å². The fourth-order valence-electron chi connectivity index (χ4n) is 14.6. The number of nitrogens with zero attached hydrogens (tertiary/aromatic N) is 4. The van der Waals surface area contributed by atoms with Gasteiger partial charge in [0.15, 0.2) is 0 Å². The van der Waals surface area contributed by atoms with E-state index >= 15 is 0 Å². The summed E-state index contributed by atoms with van der Waals surface area (Å²) < 4.78 is 5.55. The van der Waals surface area contributed by atoms with Crippen LogP contribution in [0.3, 0.4) is 0 Å². The summed E-state index contributed by atoms with van der Waals surface area (Å²) in [6.45, 7) is -0.262. The number of fused-ring (bicyclic) bond motifs is 13. The van der Waals surface area contributed by atoms with Crippen molar-refractivity contribution >= 4 is 103 Å². The van der Waals surface area contributed by atoms with E-state index in [4.69, 9.17) is 0 Å². The van der Waals surface area contributed by atoms with Gasteiger partial charge in [-0.2, -0.15) is 0 Å². The molecule has 0 N–H and O–H groups in total. The third-order valence-electron chi connectivity index (χ3n) is 17.9. The van der Waals surface area contributed by atoms with Crippen LogP contribution in [-0.4, -0.2) is 22.7 Å². The molecule has 4 aliphatic heterocycles. The van der Waals surface area contributed by atoms with Crippen molar-refractivity contribution in [1.82, 2.24) is 8.96 Å². The lowest BCUT2D eigenvalue weighted by atomic mass is 9.45. The van der Waals surface area contributed by atoms with Crippen LogP contribution in [0.2, 0.25) is 0 Å². The number of rotatable bonds is 6. The summed E-state index contributed by atoms with van der Waals surface area (Å²) in [4.78, 5) is 5.05. The first-order valence-electron chi connectivity index (χ1n) is 27.9. The highest BCUT2D eigenvalue weighted by Crippen LogP contribution is 2.51. The van der Waals surface area contributed by atoms with Crippen LogP contribution < -0.4 is 31.7 Å². The van der Waals surface area contributed by atoms with E-state index in [9.17, 15) is 0 Å². The Kier molecular flexibility index (Phi) is 9.09. The van der Waals surface area contributed by atoms with E-state index in [-0.39, 0.29) is 13.7 Å². The lowest BCUT2D eigenvalue weighted by molar-refractivity contribution is 1.25. The molecule has 0 bridgehead atoms. The molecule has 0 spiro atoms. The quantitative estimate of drug-likeness (QED) is 0.154. The van der Waals surface area contributed by atoms with Crippen LogP contribution >= 0.6 is 0 Å². The van der Waals surface area contributed by atoms with Crippen molar-refractivity contribution in [2.75, 3.05) is 9.80 Å². The van der Waals surface area contributed by atoms with Crippen LogP contribution in [0, 0.1) is 0 Å². The van der Waals surface area contributed by atoms with Crippen molar-refractivity contribution < 1.29 is 0 Å². The van der Waals surface area contributed by atoms with Gasteiger partial charge in [0, 0.05) is 67.1 Å². The Morgan fingerprint density at radius 3 is 0.938 bits per heavy atom. The van der Waals surface area contributed by atoms with Crippen molar-refractivity contribution in [2.45, 2.75) is 0 Å². The van der Waals surface area contributed by atoms with Gasteiger partial charge in [-0.1, -0.05) is 231 Å². The minimum absolute atomic E-state index is 0.131. The van der Waals surface area contributed by atoms with Crippen molar-refractivity contribution in [2.24, 2.45) is 0 Å². The highest BCUT2D eigenvalue weighted by molar-refractivity contribution is 6.92. The van der Waals surface area contributed by atoms with Crippen LogP contribution in [0.4, 0.5) is 34.1 Å². The normalized spacial score (nSPS) is 13.2. The van der Waals surface area contributed by atoms with E-state index < -0.39 is 0 Å². The molecule has 0 saturated heterocycles. The first kappa shape index (κ1) is 43.8. The molecule has 12 aromatic carbocycles. The van der Waals surface area contributed by atoms with E-state index in [2.05, 4.69) is 298 Å². The Morgan fingerprint density at radius 2 is 0.550 bits per heavy atom. The molecule has 14 aromatic rings. The molecule has 0 saturated carbocycles. The zero-order chi connectivity index (χ0) is 52.2. The predicted octanol–water partition coefficient (Wildman–Crippen LogP) is 16.3. The molecule has 6 heteroatoms. The molecule has 80 heavy (non-hydrogen) atoms. The molecule has 0 fully saturated rings.